The van der Waals surface area contributed by atoms with Crippen molar-refractivity contribution in [1.82, 2.24) is 9.80 Å². The minimum Gasteiger partial charge on any atom is -0.339 e. The molecule has 2 aromatic carbocycles. The van der Waals surface area contributed by atoms with Gasteiger partial charge in [-0.1, -0.05) is 60.7 Å². The lowest BCUT2D eigenvalue weighted by Crippen LogP contribution is -2.41. The average Bonchev–Trinajstić information content (AvgIpc) is 3.42. The van der Waals surface area contributed by atoms with Crippen molar-refractivity contribution in [2.45, 2.75) is 38.9 Å². The molecule has 2 aromatic rings. The topological polar surface area (TPSA) is 23.6 Å². The van der Waals surface area contributed by atoms with Crippen molar-refractivity contribution in [3.8, 4) is 0 Å². The molecule has 0 saturated heterocycles. The fourth-order valence-corrected chi connectivity index (χ4v) is 3.16. The SMILES string of the molecule is CCN(C(=O)CN(Cc1ccccc1)Cc1ccccc1)C1CC1. The molecular formula is C21H26N2O. The summed E-state index contributed by atoms with van der Waals surface area (Å²) in [6, 6.07) is 21.3. The Kier molecular flexibility index (Phi) is 5.65. The van der Waals surface area contributed by atoms with Crippen molar-refractivity contribution in [3.63, 3.8) is 0 Å². The Morgan fingerprint density at radius 2 is 1.42 bits per heavy atom. The van der Waals surface area contributed by atoms with Crippen LogP contribution in [0.2, 0.25) is 0 Å². The molecule has 0 N–H and O–H groups in total. The molecule has 3 nitrogen and oxygen atoms in total. The first-order valence-corrected chi connectivity index (χ1v) is 8.86. The first-order valence-electron chi connectivity index (χ1n) is 8.86. The lowest BCUT2D eigenvalue weighted by atomic mass is 10.1. The molecule has 1 amide bonds. The molecule has 0 bridgehead atoms. The van der Waals surface area contributed by atoms with Crippen molar-refractivity contribution in [2.24, 2.45) is 0 Å². The summed E-state index contributed by atoms with van der Waals surface area (Å²) in [5, 5.41) is 0. The van der Waals surface area contributed by atoms with Crippen LogP contribution >= 0.6 is 0 Å². The van der Waals surface area contributed by atoms with E-state index in [0.717, 1.165) is 32.5 Å². The first kappa shape index (κ1) is 16.7. The highest BCUT2D eigenvalue weighted by Gasteiger charge is 2.31. The molecule has 0 heterocycles. The van der Waals surface area contributed by atoms with E-state index in [9.17, 15) is 4.79 Å². The molecule has 126 valence electrons. The van der Waals surface area contributed by atoms with Crippen LogP contribution in [0, 0.1) is 0 Å². The molecule has 3 rings (SSSR count). The Bertz CT molecular complexity index is 596. The summed E-state index contributed by atoms with van der Waals surface area (Å²) in [4.78, 5) is 17.0. The molecule has 0 aliphatic heterocycles. The van der Waals surface area contributed by atoms with E-state index in [-0.39, 0.29) is 5.91 Å². The normalized spacial score (nSPS) is 13.9. The largest absolute Gasteiger partial charge is 0.339 e. The van der Waals surface area contributed by atoms with Gasteiger partial charge in [0, 0.05) is 25.7 Å². The fraction of sp³-hybridized carbons (Fsp3) is 0.381. The maximum atomic E-state index is 12.7. The number of carbonyl (C=O) groups is 1. The van der Waals surface area contributed by atoms with Crippen LogP contribution in [0.15, 0.2) is 60.7 Å². The summed E-state index contributed by atoms with van der Waals surface area (Å²) in [7, 11) is 0. The monoisotopic (exact) mass is 322 g/mol. The fourth-order valence-electron chi connectivity index (χ4n) is 3.16. The van der Waals surface area contributed by atoms with E-state index >= 15 is 0 Å². The van der Waals surface area contributed by atoms with Crippen molar-refractivity contribution in [3.05, 3.63) is 71.8 Å². The molecule has 1 aliphatic rings. The molecule has 1 aliphatic carbocycles. The van der Waals surface area contributed by atoms with E-state index in [1.54, 1.807) is 0 Å². The summed E-state index contributed by atoms with van der Waals surface area (Å²) >= 11 is 0. The second-order valence-corrected chi connectivity index (χ2v) is 6.53. The Hall–Kier alpha value is -2.13. The van der Waals surface area contributed by atoms with E-state index in [1.165, 1.54) is 11.1 Å². The van der Waals surface area contributed by atoms with Crippen molar-refractivity contribution in [1.29, 1.82) is 0 Å². The average molecular weight is 322 g/mol. The predicted octanol–water partition coefficient (Wildman–Crippen LogP) is 3.70. The summed E-state index contributed by atoms with van der Waals surface area (Å²) in [5.74, 6) is 0.256. The molecule has 0 atom stereocenters. The number of carbonyl (C=O) groups excluding carboxylic acids is 1. The summed E-state index contributed by atoms with van der Waals surface area (Å²) < 4.78 is 0. The zero-order valence-corrected chi connectivity index (χ0v) is 14.4. The molecule has 0 unspecified atom stereocenters. The number of rotatable bonds is 8. The zero-order valence-electron chi connectivity index (χ0n) is 14.4. The van der Waals surface area contributed by atoms with E-state index in [0.29, 0.717) is 12.6 Å². The number of nitrogens with zero attached hydrogens (tertiary/aromatic N) is 2. The smallest absolute Gasteiger partial charge is 0.237 e. The van der Waals surface area contributed by atoms with Crippen LogP contribution in [0.5, 0.6) is 0 Å². The Morgan fingerprint density at radius 3 is 1.83 bits per heavy atom. The van der Waals surface area contributed by atoms with Gasteiger partial charge < -0.3 is 4.90 Å². The maximum absolute atomic E-state index is 12.7. The maximum Gasteiger partial charge on any atom is 0.237 e. The van der Waals surface area contributed by atoms with Gasteiger partial charge in [-0.2, -0.15) is 0 Å². The van der Waals surface area contributed by atoms with Gasteiger partial charge in [0.25, 0.3) is 0 Å². The molecular weight excluding hydrogens is 296 g/mol. The Morgan fingerprint density at radius 1 is 0.917 bits per heavy atom. The third-order valence-corrected chi connectivity index (χ3v) is 4.51. The van der Waals surface area contributed by atoms with Crippen LogP contribution in [-0.4, -0.2) is 34.8 Å². The van der Waals surface area contributed by atoms with Gasteiger partial charge in [0.05, 0.1) is 6.54 Å². The van der Waals surface area contributed by atoms with Crippen LogP contribution < -0.4 is 0 Å². The highest BCUT2D eigenvalue weighted by atomic mass is 16.2. The third kappa shape index (κ3) is 4.68. The molecule has 0 aromatic heterocycles. The van der Waals surface area contributed by atoms with Gasteiger partial charge in [0.1, 0.15) is 0 Å². The van der Waals surface area contributed by atoms with E-state index in [1.807, 2.05) is 17.0 Å². The summed E-state index contributed by atoms with van der Waals surface area (Å²) in [5.41, 5.74) is 2.49. The van der Waals surface area contributed by atoms with Crippen molar-refractivity contribution < 1.29 is 4.79 Å². The number of likely N-dealkylation sites (N-methyl/N-ethyl adjacent to an activating group) is 1. The number of benzene rings is 2. The van der Waals surface area contributed by atoms with Gasteiger partial charge in [0.15, 0.2) is 0 Å². The summed E-state index contributed by atoms with van der Waals surface area (Å²) in [6.07, 6.45) is 2.33. The molecule has 1 saturated carbocycles. The van der Waals surface area contributed by atoms with Crippen LogP contribution in [-0.2, 0) is 17.9 Å². The highest BCUT2D eigenvalue weighted by Crippen LogP contribution is 2.26. The predicted molar refractivity (Wildman–Crippen MR) is 97.4 cm³/mol. The van der Waals surface area contributed by atoms with Gasteiger partial charge in [-0.15, -0.1) is 0 Å². The molecule has 0 spiro atoms. The first-order chi connectivity index (χ1) is 11.8. The number of hydrogen-bond acceptors (Lipinski definition) is 2. The van der Waals surface area contributed by atoms with Gasteiger partial charge in [-0.3, -0.25) is 9.69 Å². The molecule has 24 heavy (non-hydrogen) atoms. The summed E-state index contributed by atoms with van der Waals surface area (Å²) in [6.45, 7) is 4.96. The lowest BCUT2D eigenvalue weighted by Gasteiger charge is -2.27. The third-order valence-electron chi connectivity index (χ3n) is 4.51. The lowest BCUT2D eigenvalue weighted by molar-refractivity contribution is -0.133. The molecule has 0 radical (unpaired) electrons. The molecule has 3 heteroatoms. The Labute approximate surface area is 144 Å². The standard InChI is InChI=1S/C21H26N2O/c1-2-23(20-13-14-20)21(24)17-22(15-18-9-5-3-6-10-18)16-19-11-7-4-8-12-19/h3-12,20H,2,13-17H2,1H3. The van der Waals surface area contributed by atoms with Gasteiger partial charge in [-0.05, 0) is 30.9 Å². The van der Waals surface area contributed by atoms with Crippen LogP contribution in [0.25, 0.3) is 0 Å². The van der Waals surface area contributed by atoms with Crippen molar-refractivity contribution >= 4 is 5.91 Å². The van der Waals surface area contributed by atoms with Crippen LogP contribution in [0.3, 0.4) is 0 Å². The van der Waals surface area contributed by atoms with Gasteiger partial charge in [-0.25, -0.2) is 0 Å². The quantitative estimate of drug-likeness (QED) is 0.740. The minimum atomic E-state index is 0.256. The minimum absolute atomic E-state index is 0.256. The van der Waals surface area contributed by atoms with Gasteiger partial charge >= 0.3 is 0 Å². The molecule has 1 fully saturated rings. The van der Waals surface area contributed by atoms with E-state index < -0.39 is 0 Å². The second-order valence-electron chi connectivity index (χ2n) is 6.53. The van der Waals surface area contributed by atoms with Crippen molar-refractivity contribution in [2.75, 3.05) is 13.1 Å². The zero-order chi connectivity index (χ0) is 16.8. The second kappa shape index (κ2) is 8.11. The highest BCUT2D eigenvalue weighted by molar-refractivity contribution is 5.79. The van der Waals surface area contributed by atoms with E-state index in [4.69, 9.17) is 0 Å². The van der Waals surface area contributed by atoms with E-state index in [2.05, 4.69) is 60.4 Å². The number of hydrogen-bond donors (Lipinski definition) is 0. The van der Waals surface area contributed by atoms with Gasteiger partial charge in [0.2, 0.25) is 5.91 Å². The van der Waals surface area contributed by atoms with Crippen LogP contribution in [0.4, 0.5) is 0 Å². The number of amides is 1. The van der Waals surface area contributed by atoms with Crippen LogP contribution in [0.1, 0.15) is 30.9 Å². The Balaban J connectivity index is 1.69.